The highest BCUT2D eigenvalue weighted by atomic mass is 19.1. The molecule has 148 valence electrons. The van der Waals surface area contributed by atoms with Crippen molar-refractivity contribution < 1.29 is 24.1 Å². The minimum Gasteiger partial charge on any atom is -0.479 e. The number of carboxylic acids is 1. The van der Waals surface area contributed by atoms with Gasteiger partial charge in [0.2, 0.25) is 0 Å². The summed E-state index contributed by atoms with van der Waals surface area (Å²) in [7, 11) is 0. The zero-order chi connectivity index (χ0) is 19.9. The molecule has 0 fully saturated rings. The first-order valence-electron chi connectivity index (χ1n) is 9.64. The van der Waals surface area contributed by atoms with Crippen molar-refractivity contribution in [3.8, 4) is 5.75 Å². The van der Waals surface area contributed by atoms with Gasteiger partial charge < -0.3 is 14.9 Å². The lowest BCUT2D eigenvalue weighted by Crippen LogP contribution is -2.27. The summed E-state index contributed by atoms with van der Waals surface area (Å²) in [6.07, 6.45) is 5.80. The van der Waals surface area contributed by atoms with E-state index in [0.29, 0.717) is 17.7 Å². The largest absolute Gasteiger partial charge is 0.479 e. The topological polar surface area (TPSA) is 66.8 Å². The quantitative estimate of drug-likeness (QED) is 0.627. The number of hydrogen-bond donors (Lipinski definition) is 2. The van der Waals surface area contributed by atoms with Gasteiger partial charge in [-0.1, -0.05) is 42.0 Å². The number of carbonyl (C=O) groups is 1. The third-order valence-electron chi connectivity index (χ3n) is 5.06. The lowest BCUT2D eigenvalue weighted by Gasteiger charge is -2.18. The van der Waals surface area contributed by atoms with Crippen molar-refractivity contribution in [2.75, 3.05) is 0 Å². The van der Waals surface area contributed by atoms with Crippen LogP contribution in [0.1, 0.15) is 55.8 Å². The van der Waals surface area contributed by atoms with Crippen molar-refractivity contribution in [3.63, 3.8) is 0 Å². The summed E-state index contributed by atoms with van der Waals surface area (Å²) >= 11 is 0. The molecule has 0 spiro atoms. The van der Waals surface area contributed by atoms with Crippen LogP contribution >= 0.6 is 0 Å². The maximum absolute atomic E-state index is 13.8. The molecule has 0 radical (unpaired) electrons. The average molecular weight is 384 g/mol. The molecular formula is C23H25FO4. The van der Waals surface area contributed by atoms with Crippen LogP contribution in [0.4, 0.5) is 4.39 Å². The number of allylic oxidation sites excluding steroid dienone is 2. The lowest BCUT2D eigenvalue weighted by atomic mass is 9.95. The monoisotopic (exact) mass is 384 g/mol. The number of benzene rings is 2. The molecule has 0 saturated carbocycles. The van der Waals surface area contributed by atoms with E-state index in [-0.39, 0.29) is 5.56 Å². The molecule has 28 heavy (non-hydrogen) atoms. The number of aliphatic hydroxyl groups is 1. The average Bonchev–Trinajstić information content (AvgIpc) is 2.72. The zero-order valence-electron chi connectivity index (χ0n) is 15.7. The van der Waals surface area contributed by atoms with Crippen LogP contribution in [-0.2, 0) is 4.79 Å². The van der Waals surface area contributed by atoms with Gasteiger partial charge in [0, 0.05) is 5.56 Å². The first-order chi connectivity index (χ1) is 13.5. The van der Waals surface area contributed by atoms with Gasteiger partial charge in [-0.15, -0.1) is 0 Å². The standard InChI is InChI=1S/C23H25FO4/c24-20-9-5-4-8-19(20)22(25)17-11-13-18(14-12-17)28-21(23(26)27)15-10-16-6-2-1-3-7-16/h4-6,8-9,11-14,21-22,25H,1-3,7,10,15H2,(H,26,27). The smallest absolute Gasteiger partial charge is 0.344 e. The number of halogens is 1. The molecule has 0 aliphatic heterocycles. The summed E-state index contributed by atoms with van der Waals surface area (Å²) < 4.78 is 19.5. The number of rotatable bonds is 8. The summed E-state index contributed by atoms with van der Waals surface area (Å²) in [6.45, 7) is 0. The van der Waals surface area contributed by atoms with E-state index in [4.69, 9.17) is 4.74 Å². The summed E-state index contributed by atoms with van der Waals surface area (Å²) in [5, 5.41) is 19.8. The Morgan fingerprint density at radius 3 is 2.50 bits per heavy atom. The molecule has 0 saturated heterocycles. The number of carboxylic acid groups (broad SMARTS) is 1. The second-order valence-electron chi connectivity index (χ2n) is 7.08. The molecule has 2 N–H and O–H groups in total. The van der Waals surface area contributed by atoms with Crippen molar-refractivity contribution in [3.05, 3.63) is 77.1 Å². The SMILES string of the molecule is O=C(O)C(CCC1=CCCCC1)Oc1ccc(C(O)c2ccccc2F)cc1. The molecule has 0 heterocycles. The maximum atomic E-state index is 13.8. The fourth-order valence-electron chi connectivity index (χ4n) is 3.45. The molecule has 0 amide bonds. The van der Waals surface area contributed by atoms with Gasteiger partial charge >= 0.3 is 5.97 Å². The summed E-state index contributed by atoms with van der Waals surface area (Å²) in [4.78, 5) is 11.5. The summed E-state index contributed by atoms with van der Waals surface area (Å²) in [5.74, 6) is -1.06. The minimum atomic E-state index is -1.09. The molecule has 3 rings (SSSR count). The Balaban J connectivity index is 1.63. The van der Waals surface area contributed by atoms with Crippen molar-refractivity contribution in [1.29, 1.82) is 0 Å². The number of ether oxygens (including phenoxy) is 1. The Bertz CT molecular complexity index is 829. The molecule has 2 aromatic carbocycles. The Kier molecular flexibility index (Phi) is 6.82. The van der Waals surface area contributed by atoms with Crippen LogP contribution in [0.25, 0.3) is 0 Å². The van der Waals surface area contributed by atoms with E-state index in [2.05, 4.69) is 6.08 Å². The highest BCUT2D eigenvalue weighted by Crippen LogP contribution is 2.27. The Hall–Kier alpha value is -2.66. The molecule has 2 unspecified atom stereocenters. The predicted octanol–water partition coefficient (Wildman–Crippen LogP) is 5.02. The third-order valence-corrected chi connectivity index (χ3v) is 5.06. The van der Waals surface area contributed by atoms with Crippen molar-refractivity contribution in [2.45, 2.75) is 50.7 Å². The first-order valence-corrected chi connectivity index (χ1v) is 9.64. The first kappa shape index (κ1) is 20.1. The fourth-order valence-corrected chi connectivity index (χ4v) is 3.45. The van der Waals surface area contributed by atoms with Gasteiger partial charge in [0.25, 0.3) is 0 Å². The Labute approximate surface area is 164 Å². The molecule has 5 heteroatoms. The van der Waals surface area contributed by atoms with Gasteiger partial charge in [-0.2, -0.15) is 0 Å². The van der Waals surface area contributed by atoms with Crippen LogP contribution in [0.15, 0.2) is 60.2 Å². The molecule has 2 aromatic rings. The van der Waals surface area contributed by atoms with Crippen LogP contribution in [0, 0.1) is 5.82 Å². The fraction of sp³-hybridized carbons (Fsp3) is 0.348. The van der Waals surface area contributed by atoms with E-state index in [1.165, 1.54) is 24.1 Å². The van der Waals surface area contributed by atoms with Crippen molar-refractivity contribution in [1.82, 2.24) is 0 Å². The van der Waals surface area contributed by atoms with E-state index < -0.39 is 24.0 Å². The van der Waals surface area contributed by atoms with Crippen LogP contribution in [0.5, 0.6) is 5.75 Å². The van der Waals surface area contributed by atoms with E-state index in [1.807, 2.05) is 0 Å². The number of aliphatic hydroxyl groups excluding tert-OH is 1. The molecule has 0 bridgehead atoms. The van der Waals surface area contributed by atoms with Gasteiger partial charge in [-0.05, 0) is 62.3 Å². The summed E-state index contributed by atoms with van der Waals surface area (Å²) in [6, 6.07) is 12.5. The van der Waals surface area contributed by atoms with Crippen LogP contribution in [0.2, 0.25) is 0 Å². The molecule has 1 aliphatic rings. The van der Waals surface area contributed by atoms with Gasteiger partial charge in [0.1, 0.15) is 17.7 Å². The second-order valence-corrected chi connectivity index (χ2v) is 7.08. The van der Waals surface area contributed by atoms with Gasteiger partial charge in [-0.3, -0.25) is 0 Å². The highest BCUT2D eigenvalue weighted by Gasteiger charge is 2.21. The van der Waals surface area contributed by atoms with Gasteiger partial charge in [-0.25, -0.2) is 9.18 Å². The van der Waals surface area contributed by atoms with Crippen molar-refractivity contribution in [2.24, 2.45) is 0 Å². The molecule has 4 nitrogen and oxygen atoms in total. The number of hydrogen-bond acceptors (Lipinski definition) is 3. The van der Waals surface area contributed by atoms with Gasteiger partial charge in [0.05, 0.1) is 0 Å². The van der Waals surface area contributed by atoms with Gasteiger partial charge in [0.15, 0.2) is 6.10 Å². The second kappa shape index (κ2) is 9.51. The molecule has 1 aliphatic carbocycles. The Morgan fingerprint density at radius 1 is 1.11 bits per heavy atom. The van der Waals surface area contributed by atoms with Crippen LogP contribution < -0.4 is 4.74 Å². The van der Waals surface area contributed by atoms with Crippen LogP contribution in [-0.4, -0.2) is 22.3 Å². The summed E-state index contributed by atoms with van der Waals surface area (Å²) in [5.41, 5.74) is 2.02. The molecule has 0 aromatic heterocycles. The normalized spacial score (nSPS) is 16.1. The third kappa shape index (κ3) is 5.20. The Morgan fingerprint density at radius 2 is 1.86 bits per heavy atom. The van der Waals surface area contributed by atoms with E-state index in [9.17, 15) is 19.4 Å². The van der Waals surface area contributed by atoms with E-state index in [1.54, 1.807) is 36.4 Å². The lowest BCUT2D eigenvalue weighted by molar-refractivity contribution is -0.145. The molecular weight excluding hydrogens is 359 g/mol. The predicted molar refractivity (Wildman–Crippen MR) is 105 cm³/mol. The molecule has 2 atom stereocenters. The maximum Gasteiger partial charge on any atom is 0.344 e. The van der Waals surface area contributed by atoms with Crippen LogP contribution in [0.3, 0.4) is 0 Å². The number of aliphatic carboxylic acids is 1. The highest BCUT2D eigenvalue weighted by molar-refractivity contribution is 5.72. The van der Waals surface area contributed by atoms with E-state index >= 15 is 0 Å². The van der Waals surface area contributed by atoms with E-state index in [0.717, 1.165) is 25.7 Å². The zero-order valence-corrected chi connectivity index (χ0v) is 15.7. The van der Waals surface area contributed by atoms with Crippen molar-refractivity contribution >= 4 is 5.97 Å². The minimum absolute atomic E-state index is 0.195.